The molecular weight excluding hydrogens is 262 g/mol. The minimum atomic E-state index is 0.212. The molecule has 1 aliphatic rings. The first-order chi connectivity index (χ1) is 9.32. The van der Waals surface area contributed by atoms with E-state index < -0.39 is 0 Å². The number of hydrogen-bond acceptors (Lipinski definition) is 2. The van der Waals surface area contributed by atoms with Gasteiger partial charge in [-0.05, 0) is 30.2 Å². The maximum Gasteiger partial charge on any atom is 0.0438 e. The van der Waals surface area contributed by atoms with Gasteiger partial charge in [-0.3, -0.25) is 0 Å². The molecule has 0 bridgehead atoms. The summed E-state index contributed by atoms with van der Waals surface area (Å²) >= 11 is 1.95. The highest BCUT2D eigenvalue weighted by molar-refractivity contribution is 7.99. The molecule has 2 rings (SSSR count). The van der Waals surface area contributed by atoms with E-state index in [2.05, 4.69) is 70.5 Å². The average Bonchev–Trinajstić information content (AvgIpc) is 3.18. The molecule has 1 aliphatic carbocycles. The van der Waals surface area contributed by atoms with Crippen molar-refractivity contribution < 1.29 is 0 Å². The summed E-state index contributed by atoms with van der Waals surface area (Å²) in [5.74, 6) is 0. The van der Waals surface area contributed by atoms with Crippen molar-refractivity contribution in [2.24, 2.45) is 0 Å². The smallest absolute Gasteiger partial charge is 0.0438 e. The molecule has 0 radical (unpaired) electrons. The summed E-state index contributed by atoms with van der Waals surface area (Å²) in [4.78, 5) is 0. The second kappa shape index (κ2) is 5.73. The van der Waals surface area contributed by atoms with Gasteiger partial charge in [-0.25, -0.2) is 0 Å². The third-order valence-corrected chi connectivity index (χ3v) is 6.14. The van der Waals surface area contributed by atoms with E-state index in [-0.39, 0.29) is 11.0 Å². The fourth-order valence-electron chi connectivity index (χ4n) is 2.94. The Morgan fingerprint density at radius 2 is 1.85 bits per heavy atom. The highest BCUT2D eigenvalue weighted by Crippen LogP contribution is 2.47. The van der Waals surface area contributed by atoms with Crippen LogP contribution in [0.1, 0.15) is 58.6 Å². The predicted octanol–water partition coefficient (Wildman–Crippen LogP) is 4.70. The van der Waals surface area contributed by atoms with Gasteiger partial charge in [-0.2, -0.15) is 11.8 Å². The predicted molar refractivity (Wildman–Crippen MR) is 91.6 cm³/mol. The fraction of sp³-hybridized carbons (Fsp3) is 0.667. The van der Waals surface area contributed by atoms with Crippen molar-refractivity contribution in [3.05, 3.63) is 35.4 Å². The van der Waals surface area contributed by atoms with Gasteiger partial charge in [0.2, 0.25) is 0 Å². The van der Waals surface area contributed by atoms with Crippen LogP contribution in [-0.4, -0.2) is 17.5 Å². The van der Waals surface area contributed by atoms with Crippen LogP contribution in [0, 0.1) is 0 Å². The molecule has 1 N–H and O–H groups in total. The van der Waals surface area contributed by atoms with Crippen LogP contribution in [0.15, 0.2) is 24.3 Å². The lowest BCUT2D eigenvalue weighted by Gasteiger charge is -2.32. The highest BCUT2D eigenvalue weighted by Gasteiger charge is 2.44. The van der Waals surface area contributed by atoms with Crippen LogP contribution < -0.4 is 5.32 Å². The summed E-state index contributed by atoms with van der Waals surface area (Å²) < 4.78 is 0. The number of hydrogen-bond donors (Lipinski definition) is 1. The van der Waals surface area contributed by atoms with Gasteiger partial charge in [-0.1, -0.05) is 58.9 Å². The monoisotopic (exact) mass is 291 g/mol. The van der Waals surface area contributed by atoms with Gasteiger partial charge in [0.05, 0.1) is 0 Å². The average molecular weight is 292 g/mol. The zero-order valence-corrected chi connectivity index (χ0v) is 14.6. The molecular formula is C18H29NS. The van der Waals surface area contributed by atoms with Crippen molar-refractivity contribution in [2.75, 3.05) is 6.26 Å². The van der Waals surface area contributed by atoms with Crippen LogP contribution in [0.4, 0.5) is 0 Å². The van der Waals surface area contributed by atoms with E-state index in [1.807, 2.05) is 11.8 Å². The molecule has 20 heavy (non-hydrogen) atoms. The van der Waals surface area contributed by atoms with E-state index in [0.717, 1.165) is 0 Å². The molecule has 1 atom stereocenters. The second-order valence-corrected chi connectivity index (χ2v) is 8.24. The largest absolute Gasteiger partial charge is 0.305 e. The molecule has 0 heterocycles. The van der Waals surface area contributed by atoms with Crippen LogP contribution in [-0.2, 0) is 11.0 Å². The fourth-order valence-corrected chi connectivity index (χ4v) is 3.67. The Morgan fingerprint density at radius 1 is 1.20 bits per heavy atom. The van der Waals surface area contributed by atoms with Gasteiger partial charge >= 0.3 is 0 Å². The molecule has 1 nitrogen and oxygen atoms in total. The van der Waals surface area contributed by atoms with E-state index in [1.165, 1.54) is 24.0 Å². The molecule has 1 aromatic rings. The van der Waals surface area contributed by atoms with Crippen molar-refractivity contribution in [3.63, 3.8) is 0 Å². The molecule has 1 saturated carbocycles. The third kappa shape index (κ3) is 3.07. The van der Waals surface area contributed by atoms with Gasteiger partial charge in [-0.15, -0.1) is 0 Å². The van der Waals surface area contributed by atoms with Crippen molar-refractivity contribution >= 4 is 11.8 Å². The second-order valence-electron chi connectivity index (χ2n) is 7.06. The van der Waals surface area contributed by atoms with E-state index in [9.17, 15) is 0 Å². The van der Waals surface area contributed by atoms with Gasteiger partial charge in [0.25, 0.3) is 0 Å². The molecule has 2 heteroatoms. The summed E-state index contributed by atoms with van der Waals surface area (Å²) in [6, 6.07) is 9.81. The first kappa shape index (κ1) is 15.9. The molecule has 0 aliphatic heterocycles. The van der Waals surface area contributed by atoms with Crippen LogP contribution in [0.25, 0.3) is 0 Å². The molecule has 1 unspecified atom stereocenters. The Morgan fingerprint density at radius 3 is 2.35 bits per heavy atom. The Labute approximate surface area is 128 Å². The van der Waals surface area contributed by atoms with Crippen molar-refractivity contribution in [3.8, 4) is 0 Å². The Hall–Kier alpha value is -0.470. The summed E-state index contributed by atoms with van der Waals surface area (Å²) in [7, 11) is 0. The lowest BCUT2D eigenvalue weighted by molar-refractivity contribution is 0.458. The van der Waals surface area contributed by atoms with Crippen LogP contribution in [0.2, 0.25) is 0 Å². The topological polar surface area (TPSA) is 12.0 Å². The zero-order valence-electron chi connectivity index (χ0n) is 13.8. The van der Waals surface area contributed by atoms with E-state index >= 15 is 0 Å². The minimum Gasteiger partial charge on any atom is -0.305 e. The maximum atomic E-state index is 3.76. The summed E-state index contributed by atoms with van der Waals surface area (Å²) in [5, 5.41) is 4.38. The quantitative estimate of drug-likeness (QED) is 0.815. The molecule has 0 saturated heterocycles. The van der Waals surface area contributed by atoms with Gasteiger partial charge < -0.3 is 5.32 Å². The van der Waals surface area contributed by atoms with Crippen molar-refractivity contribution in [1.82, 2.24) is 5.32 Å². The maximum absolute atomic E-state index is 3.76. The number of nitrogens with one attached hydrogen (secondary N) is 1. The number of rotatable bonds is 6. The molecule has 1 aromatic carbocycles. The molecule has 0 spiro atoms. The Bertz CT molecular complexity index is 460. The molecule has 0 aromatic heterocycles. The van der Waals surface area contributed by atoms with Gasteiger partial charge in [0.1, 0.15) is 0 Å². The molecule has 1 fully saturated rings. The van der Waals surface area contributed by atoms with Crippen LogP contribution in [0.3, 0.4) is 0 Å². The van der Waals surface area contributed by atoms with E-state index in [1.54, 1.807) is 0 Å². The molecule has 0 amide bonds. The van der Waals surface area contributed by atoms with E-state index in [0.29, 0.717) is 11.3 Å². The number of thioether (sulfide) groups is 1. The van der Waals surface area contributed by atoms with Gasteiger partial charge in [0.15, 0.2) is 0 Å². The third-order valence-electron chi connectivity index (χ3n) is 4.84. The first-order valence-electron chi connectivity index (χ1n) is 7.73. The molecule has 112 valence electrons. The number of benzene rings is 1. The van der Waals surface area contributed by atoms with Crippen LogP contribution >= 0.6 is 11.8 Å². The van der Waals surface area contributed by atoms with Crippen molar-refractivity contribution in [1.29, 1.82) is 0 Å². The minimum absolute atomic E-state index is 0.212. The summed E-state index contributed by atoms with van der Waals surface area (Å²) in [5.41, 5.74) is 3.41. The van der Waals surface area contributed by atoms with E-state index in [4.69, 9.17) is 0 Å². The normalized spacial score (nSPS) is 19.1. The standard InChI is InChI=1S/C18H29NS/c1-13(2)19-18(10-11-18)16-9-7-8-15(12-16)17(4,5)14(3)20-6/h7-9,12-14,19H,10-11H2,1-6H3. The lowest BCUT2D eigenvalue weighted by atomic mass is 9.80. The first-order valence-corrected chi connectivity index (χ1v) is 9.02. The van der Waals surface area contributed by atoms with Crippen molar-refractivity contribution in [2.45, 2.75) is 69.7 Å². The summed E-state index contributed by atoms with van der Waals surface area (Å²) in [6.07, 6.45) is 4.75. The SMILES string of the molecule is CSC(C)C(C)(C)c1cccc(C2(NC(C)C)CC2)c1. The zero-order chi connectivity index (χ0) is 15.0. The summed E-state index contributed by atoms with van der Waals surface area (Å²) in [6.45, 7) is 11.5. The Kier molecular flexibility index (Phi) is 4.56. The lowest BCUT2D eigenvalue weighted by Crippen LogP contribution is -2.35. The Balaban J connectivity index is 2.29. The highest BCUT2D eigenvalue weighted by atomic mass is 32.2. The van der Waals surface area contributed by atoms with Crippen LogP contribution in [0.5, 0.6) is 0 Å². The van der Waals surface area contributed by atoms with Gasteiger partial charge in [0, 0.05) is 22.2 Å².